The van der Waals surface area contributed by atoms with Gasteiger partial charge in [0.25, 0.3) is 5.91 Å². The molecule has 3 heterocycles. The van der Waals surface area contributed by atoms with Gasteiger partial charge in [-0.1, -0.05) is 38.1 Å². The highest BCUT2D eigenvalue weighted by Gasteiger charge is 2.35. The minimum Gasteiger partial charge on any atom is -0.455 e. The summed E-state index contributed by atoms with van der Waals surface area (Å²) in [5.74, 6) is -1.83. The van der Waals surface area contributed by atoms with Gasteiger partial charge in [-0.05, 0) is 69.5 Å². The highest BCUT2D eigenvalue weighted by atomic mass is 16.5. The Morgan fingerprint density at radius 2 is 1.80 bits per heavy atom. The maximum atomic E-state index is 13.3. The number of aromatic nitrogens is 1. The Morgan fingerprint density at radius 3 is 2.52 bits per heavy atom. The van der Waals surface area contributed by atoms with Crippen molar-refractivity contribution in [2.24, 2.45) is 11.3 Å². The molecule has 3 amide bonds. The van der Waals surface area contributed by atoms with E-state index in [2.05, 4.69) is 21.0 Å². The molecule has 1 aromatic carbocycles. The van der Waals surface area contributed by atoms with Crippen LogP contribution in [0.1, 0.15) is 71.7 Å². The SMILES string of the molecule is CC(C)[C@@H]1NC(=O)C(C)(C)/C=C/c2ccc3cnc(cc3c2)[C@@H](C)OC(=O)C2CCCN(N2)C(=O)[C@H](C)NC1=O. The molecular formula is C30H39N5O5. The van der Waals surface area contributed by atoms with Gasteiger partial charge in [0.2, 0.25) is 11.8 Å². The standard InChI is InChI=1S/C30H39N5O5/c1-17(2)25-26(36)32-18(3)27(37)35-13-7-8-23(34-35)28(38)40-19(4)24-15-22-14-20(9-10-21(22)16-31-24)11-12-30(5,6)29(39)33-25/h9-12,14-19,23,25,34H,7-8,13H2,1-6H3,(H,32,36)(H,33,39)/b12-11+/t18-,19+,23?,25-/m0/s1. The van der Waals surface area contributed by atoms with E-state index in [0.29, 0.717) is 25.1 Å². The molecule has 2 aliphatic rings. The van der Waals surface area contributed by atoms with Gasteiger partial charge in [0.15, 0.2) is 0 Å². The Hall–Kier alpha value is -3.79. The van der Waals surface area contributed by atoms with Crippen molar-refractivity contribution in [2.45, 2.75) is 78.6 Å². The average Bonchev–Trinajstić information content (AvgIpc) is 2.92. The summed E-state index contributed by atoms with van der Waals surface area (Å²) >= 11 is 0. The first-order valence-corrected chi connectivity index (χ1v) is 13.8. The predicted molar refractivity (Wildman–Crippen MR) is 151 cm³/mol. The highest BCUT2D eigenvalue weighted by molar-refractivity contribution is 5.94. The molecule has 1 fully saturated rings. The second kappa shape index (κ2) is 11.8. The molecule has 1 saturated heterocycles. The number of cyclic esters (lactones) is 1. The number of pyridine rings is 1. The van der Waals surface area contributed by atoms with Gasteiger partial charge < -0.3 is 15.4 Å². The van der Waals surface area contributed by atoms with Crippen molar-refractivity contribution in [2.75, 3.05) is 6.54 Å². The zero-order valence-electron chi connectivity index (χ0n) is 24.0. The lowest BCUT2D eigenvalue weighted by molar-refractivity contribution is -0.157. The predicted octanol–water partition coefficient (Wildman–Crippen LogP) is 3.03. The number of carbonyl (C=O) groups is 4. The smallest absolute Gasteiger partial charge is 0.325 e. The van der Waals surface area contributed by atoms with Crippen LogP contribution >= 0.6 is 0 Å². The van der Waals surface area contributed by atoms with Gasteiger partial charge in [-0.15, -0.1) is 0 Å². The highest BCUT2D eigenvalue weighted by Crippen LogP contribution is 2.25. The summed E-state index contributed by atoms with van der Waals surface area (Å²) < 4.78 is 5.75. The number of esters is 1. The summed E-state index contributed by atoms with van der Waals surface area (Å²) in [6.07, 6.45) is 5.92. The number of rotatable bonds is 1. The number of carbonyl (C=O) groups excluding carboxylic acids is 4. The van der Waals surface area contributed by atoms with Crippen LogP contribution in [0.5, 0.6) is 0 Å². The zero-order chi connectivity index (χ0) is 29.2. The van der Waals surface area contributed by atoms with Crippen LogP contribution in [0.4, 0.5) is 0 Å². The molecule has 2 aromatic rings. The van der Waals surface area contributed by atoms with Crippen molar-refractivity contribution in [3.8, 4) is 0 Å². The van der Waals surface area contributed by atoms with E-state index in [1.807, 2.05) is 44.2 Å². The van der Waals surface area contributed by atoms with E-state index in [4.69, 9.17) is 4.74 Å². The van der Waals surface area contributed by atoms with Gasteiger partial charge in [-0.25, -0.2) is 5.43 Å². The van der Waals surface area contributed by atoms with Crippen molar-refractivity contribution < 1.29 is 23.9 Å². The number of hydrogen-bond donors (Lipinski definition) is 3. The summed E-state index contributed by atoms with van der Waals surface area (Å²) in [4.78, 5) is 57.2. The Morgan fingerprint density at radius 1 is 1.05 bits per heavy atom. The van der Waals surface area contributed by atoms with Gasteiger partial charge in [0.1, 0.15) is 24.2 Å². The van der Waals surface area contributed by atoms with Crippen molar-refractivity contribution in [1.29, 1.82) is 0 Å². The van der Waals surface area contributed by atoms with Crippen molar-refractivity contribution >= 4 is 40.5 Å². The third-order valence-corrected chi connectivity index (χ3v) is 7.46. The van der Waals surface area contributed by atoms with Gasteiger partial charge >= 0.3 is 5.97 Å². The largest absolute Gasteiger partial charge is 0.455 e. The molecule has 3 N–H and O–H groups in total. The van der Waals surface area contributed by atoms with Gasteiger partial charge in [-0.2, -0.15) is 0 Å². The number of hydrazine groups is 1. The fourth-order valence-electron chi connectivity index (χ4n) is 4.78. The number of benzene rings is 1. The van der Waals surface area contributed by atoms with E-state index in [1.165, 1.54) is 5.01 Å². The van der Waals surface area contributed by atoms with E-state index < -0.39 is 41.5 Å². The molecule has 10 heteroatoms. The van der Waals surface area contributed by atoms with Crippen LogP contribution in [-0.2, 0) is 23.9 Å². The third kappa shape index (κ3) is 6.50. The maximum Gasteiger partial charge on any atom is 0.325 e. The number of nitrogens with zero attached hydrogens (tertiary/aromatic N) is 2. The Labute approximate surface area is 234 Å². The van der Waals surface area contributed by atoms with Gasteiger partial charge in [0, 0.05) is 18.1 Å². The van der Waals surface area contributed by atoms with E-state index in [9.17, 15) is 19.2 Å². The zero-order valence-corrected chi connectivity index (χ0v) is 24.0. The second-order valence-corrected chi connectivity index (χ2v) is 11.6. The number of nitrogens with one attached hydrogen (secondary N) is 3. The minimum absolute atomic E-state index is 0.217. The summed E-state index contributed by atoms with van der Waals surface area (Å²) in [6, 6.07) is 5.34. The summed E-state index contributed by atoms with van der Waals surface area (Å²) in [6.45, 7) is 11.0. The maximum absolute atomic E-state index is 13.3. The van der Waals surface area contributed by atoms with Crippen LogP contribution in [-0.4, -0.2) is 58.4 Å². The quantitative estimate of drug-likeness (QED) is 0.466. The monoisotopic (exact) mass is 549 g/mol. The van der Waals surface area contributed by atoms with E-state index in [-0.39, 0.29) is 17.7 Å². The molecule has 0 radical (unpaired) electrons. The lowest BCUT2D eigenvalue weighted by atomic mass is 9.89. The molecule has 0 aliphatic carbocycles. The van der Waals surface area contributed by atoms with E-state index in [0.717, 1.165) is 16.3 Å². The summed E-state index contributed by atoms with van der Waals surface area (Å²) in [7, 11) is 0. The molecule has 10 nitrogen and oxygen atoms in total. The van der Waals surface area contributed by atoms with Gasteiger partial charge in [-0.3, -0.25) is 29.2 Å². The molecule has 0 spiro atoms. The molecule has 1 unspecified atom stereocenters. The van der Waals surface area contributed by atoms with Gasteiger partial charge in [0.05, 0.1) is 11.1 Å². The van der Waals surface area contributed by atoms with Crippen LogP contribution in [0.25, 0.3) is 16.8 Å². The third-order valence-electron chi connectivity index (χ3n) is 7.46. The average molecular weight is 550 g/mol. The molecule has 4 rings (SSSR count). The minimum atomic E-state index is -0.915. The fourth-order valence-corrected chi connectivity index (χ4v) is 4.78. The van der Waals surface area contributed by atoms with Crippen LogP contribution in [0.3, 0.4) is 0 Å². The Balaban J connectivity index is 1.70. The van der Waals surface area contributed by atoms with Crippen LogP contribution in [0, 0.1) is 11.3 Å². The lowest BCUT2D eigenvalue weighted by Crippen LogP contribution is -2.61. The Kier molecular flexibility index (Phi) is 8.58. The first-order chi connectivity index (χ1) is 18.9. The number of fused-ring (bicyclic) bond motifs is 4. The van der Waals surface area contributed by atoms with Crippen molar-refractivity contribution in [3.63, 3.8) is 0 Å². The molecule has 4 atom stereocenters. The number of ether oxygens (including phenoxy) is 1. The van der Waals surface area contributed by atoms with Crippen LogP contribution in [0.15, 0.2) is 36.5 Å². The molecule has 214 valence electrons. The molecular weight excluding hydrogens is 510 g/mol. The fraction of sp³-hybridized carbons (Fsp3) is 0.500. The molecule has 40 heavy (non-hydrogen) atoms. The molecule has 5 bridgehead atoms. The molecule has 0 saturated carbocycles. The summed E-state index contributed by atoms with van der Waals surface area (Å²) in [5.41, 5.74) is 3.55. The summed E-state index contributed by atoms with van der Waals surface area (Å²) in [5, 5.41) is 8.83. The first kappa shape index (κ1) is 29.2. The molecule has 2 aliphatic heterocycles. The van der Waals surface area contributed by atoms with Crippen LogP contribution in [0.2, 0.25) is 0 Å². The van der Waals surface area contributed by atoms with Crippen molar-refractivity contribution in [3.05, 3.63) is 47.8 Å². The van der Waals surface area contributed by atoms with Crippen molar-refractivity contribution in [1.82, 2.24) is 26.1 Å². The normalized spacial score (nSPS) is 27.2. The number of hydrogen-bond acceptors (Lipinski definition) is 7. The van der Waals surface area contributed by atoms with E-state index >= 15 is 0 Å². The second-order valence-electron chi connectivity index (χ2n) is 11.6. The molecule has 1 aromatic heterocycles. The first-order valence-electron chi connectivity index (χ1n) is 13.8. The van der Waals surface area contributed by atoms with Crippen LogP contribution < -0.4 is 16.1 Å². The Bertz CT molecular complexity index is 1340. The number of amides is 3. The lowest BCUT2D eigenvalue weighted by Gasteiger charge is -2.35. The topological polar surface area (TPSA) is 130 Å². The van der Waals surface area contributed by atoms with E-state index in [1.54, 1.807) is 40.0 Å².